The Kier molecular flexibility index (Phi) is 55.9. The number of ether oxygens (including phenoxy) is 3. The minimum atomic E-state index is -0.818. The van der Waals surface area contributed by atoms with Gasteiger partial charge in [0.05, 0.1) is 0 Å². The molecular weight excluding hydrogens is 877 g/mol. The lowest BCUT2D eigenvalue weighted by Gasteiger charge is -2.18. The largest absolute Gasteiger partial charge is 0.462 e. The highest BCUT2D eigenvalue weighted by Crippen LogP contribution is 2.14. The minimum absolute atomic E-state index is 0.108. The highest BCUT2D eigenvalue weighted by Gasteiger charge is 2.19. The zero-order valence-corrected chi connectivity index (χ0v) is 46.5. The Hall–Kier alpha value is -3.67. The van der Waals surface area contributed by atoms with Crippen LogP contribution in [-0.4, -0.2) is 37.2 Å². The molecule has 71 heavy (non-hydrogen) atoms. The van der Waals surface area contributed by atoms with Gasteiger partial charge in [0.25, 0.3) is 0 Å². The molecule has 0 aromatic heterocycles. The van der Waals surface area contributed by atoms with Crippen LogP contribution in [-0.2, 0) is 28.6 Å². The first-order valence-corrected chi connectivity index (χ1v) is 29.7. The summed E-state index contributed by atoms with van der Waals surface area (Å²) in [4.78, 5) is 38.2. The van der Waals surface area contributed by atoms with E-state index in [4.69, 9.17) is 14.2 Å². The molecule has 0 bridgehead atoms. The molecule has 0 radical (unpaired) electrons. The highest BCUT2D eigenvalue weighted by molar-refractivity contribution is 5.71. The number of hydrogen-bond donors (Lipinski definition) is 0. The number of carbonyl (C=O) groups is 3. The average Bonchev–Trinajstić information content (AvgIpc) is 3.37. The van der Waals surface area contributed by atoms with Crippen LogP contribution in [0.3, 0.4) is 0 Å². The molecule has 0 rings (SSSR count). The molecule has 0 amide bonds. The van der Waals surface area contributed by atoms with Gasteiger partial charge in [-0.2, -0.15) is 0 Å². The predicted octanol–water partition coefficient (Wildman–Crippen LogP) is 20.1. The molecule has 6 heteroatoms. The third-order valence-electron chi connectivity index (χ3n) is 12.5. The molecule has 1 atom stereocenters. The van der Waals surface area contributed by atoms with Crippen LogP contribution in [0.2, 0.25) is 0 Å². The fraction of sp³-hybridized carbons (Fsp3) is 0.708. The fourth-order valence-electron chi connectivity index (χ4n) is 8.02. The number of unbranched alkanes of at least 4 members (excludes halogenated alkanes) is 26. The molecule has 0 aliphatic carbocycles. The SMILES string of the molecule is CCCCC/C=C\C/C=C\C/C=C\C/C=C\CCCC(=O)O[C@H](COC(=O)CCCCCC/C=C\C/C=C\C/C=C\CCCCC)COC(=O)CCCCCCCCCCC/C=C\CCCCCCCC. The van der Waals surface area contributed by atoms with Gasteiger partial charge in [0.2, 0.25) is 0 Å². The Morgan fingerprint density at radius 2 is 0.521 bits per heavy atom. The van der Waals surface area contributed by atoms with Gasteiger partial charge in [-0.1, -0.05) is 234 Å². The topological polar surface area (TPSA) is 78.9 Å². The molecule has 6 nitrogen and oxygen atoms in total. The Morgan fingerprint density at radius 1 is 0.282 bits per heavy atom. The summed E-state index contributed by atoms with van der Waals surface area (Å²) in [6, 6.07) is 0. The van der Waals surface area contributed by atoms with Crippen molar-refractivity contribution in [2.45, 2.75) is 284 Å². The molecule has 0 N–H and O–H groups in total. The van der Waals surface area contributed by atoms with Crippen LogP contribution >= 0.6 is 0 Å². The third-order valence-corrected chi connectivity index (χ3v) is 12.5. The summed E-state index contributed by atoms with van der Waals surface area (Å²) in [5.74, 6) is -0.984. The molecule has 0 aliphatic rings. The van der Waals surface area contributed by atoms with E-state index in [1.165, 1.54) is 141 Å². The fourth-order valence-corrected chi connectivity index (χ4v) is 8.02. The van der Waals surface area contributed by atoms with Crippen LogP contribution in [0, 0.1) is 0 Å². The standard InChI is InChI=1S/C65H110O6/c1-4-7-10-13-16-19-22-25-28-31-32-35-37-40-43-46-49-52-55-58-64(67)70-61-62(71-65(68)59-56-53-50-47-44-41-38-34-30-27-24-21-18-15-12-9-6-3)60-69-63(66)57-54-51-48-45-42-39-36-33-29-26-23-20-17-14-11-8-5-2/h17-18,20-21,25-30,36,38-39,41,47,50,62H,4-16,19,22-24,31-35,37,40,42-46,48-49,51-61H2,1-3H3/b20-17-,21-18-,28-25-,29-26-,30-27-,39-36-,41-38-,50-47-/t62-/m1/s1. The Morgan fingerprint density at radius 3 is 0.873 bits per heavy atom. The second-order valence-corrected chi connectivity index (χ2v) is 19.5. The summed E-state index contributed by atoms with van der Waals surface area (Å²) >= 11 is 0. The van der Waals surface area contributed by atoms with E-state index in [0.717, 1.165) is 89.9 Å². The van der Waals surface area contributed by atoms with Crippen molar-refractivity contribution in [1.82, 2.24) is 0 Å². The normalized spacial score (nSPS) is 12.8. The molecule has 0 aromatic carbocycles. The zero-order chi connectivity index (χ0) is 51.4. The lowest BCUT2D eigenvalue weighted by molar-refractivity contribution is -0.167. The van der Waals surface area contributed by atoms with Crippen molar-refractivity contribution in [2.24, 2.45) is 0 Å². The second-order valence-electron chi connectivity index (χ2n) is 19.5. The molecule has 0 spiro atoms. The zero-order valence-electron chi connectivity index (χ0n) is 46.5. The lowest BCUT2D eigenvalue weighted by Crippen LogP contribution is -2.30. The molecule has 0 aliphatic heterocycles. The van der Waals surface area contributed by atoms with Crippen LogP contribution in [0.1, 0.15) is 278 Å². The van der Waals surface area contributed by atoms with Gasteiger partial charge < -0.3 is 14.2 Å². The van der Waals surface area contributed by atoms with E-state index in [0.29, 0.717) is 19.3 Å². The molecule has 0 unspecified atom stereocenters. The summed E-state index contributed by atoms with van der Waals surface area (Å²) in [7, 11) is 0. The number of rotatable bonds is 53. The van der Waals surface area contributed by atoms with E-state index in [-0.39, 0.29) is 37.5 Å². The number of allylic oxidation sites excluding steroid dienone is 16. The van der Waals surface area contributed by atoms with Gasteiger partial charge in [0, 0.05) is 19.3 Å². The second kappa shape index (κ2) is 58.9. The summed E-state index contributed by atoms with van der Waals surface area (Å²) in [5, 5.41) is 0. The summed E-state index contributed by atoms with van der Waals surface area (Å²) < 4.78 is 16.8. The molecule has 0 saturated heterocycles. The van der Waals surface area contributed by atoms with Crippen LogP contribution in [0.5, 0.6) is 0 Å². The van der Waals surface area contributed by atoms with Crippen LogP contribution in [0.25, 0.3) is 0 Å². The highest BCUT2D eigenvalue weighted by atomic mass is 16.6. The lowest BCUT2D eigenvalue weighted by atomic mass is 10.1. The smallest absolute Gasteiger partial charge is 0.306 e. The number of carbonyl (C=O) groups excluding carboxylic acids is 3. The molecule has 406 valence electrons. The van der Waals surface area contributed by atoms with E-state index in [1.54, 1.807) is 0 Å². The van der Waals surface area contributed by atoms with E-state index in [2.05, 4.69) is 118 Å². The first kappa shape index (κ1) is 67.3. The van der Waals surface area contributed by atoms with E-state index < -0.39 is 6.10 Å². The monoisotopic (exact) mass is 987 g/mol. The van der Waals surface area contributed by atoms with Crippen molar-refractivity contribution in [2.75, 3.05) is 13.2 Å². The van der Waals surface area contributed by atoms with Crippen molar-refractivity contribution in [3.63, 3.8) is 0 Å². The predicted molar refractivity (Wildman–Crippen MR) is 307 cm³/mol. The number of esters is 3. The van der Waals surface area contributed by atoms with E-state index in [9.17, 15) is 14.4 Å². The molecule has 0 heterocycles. The quantitative estimate of drug-likeness (QED) is 0.0261. The van der Waals surface area contributed by atoms with Gasteiger partial charge >= 0.3 is 17.9 Å². The van der Waals surface area contributed by atoms with Gasteiger partial charge in [-0.3, -0.25) is 14.4 Å². The Labute approximate surface area is 438 Å². The van der Waals surface area contributed by atoms with Crippen LogP contribution < -0.4 is 0 Å². The van der Waals surface area contributed by atoms with E-state index in [1.807, 2.05) is 0 Å². The van der Waals surface area contributed by atoms with Crippen molar-refractivity contribution in [3.8, 4) is 0 Å². The van der Waals surface area contributed by atoms with Crippen molar-refractivity contribution < 1.29 is 28.6 Å². The van der Waals surface area contributed by atoms with E-state index >= 15 is 0 Å². The minimum Gasteiger partial charge on any atom is -0.462 e. The number of hydrogen-bond acceptors (Lipinski definition) is 6. The summed E-state index contributed by atoms with van der Waals surface area (Å²) in [6.07, 6.45) is 78.3. The van der Waals surface area contributed by atoms with Crippen molar-refractivity contribution in [3.05, 3.63) is 97.2 Å². The first-order valence-electron chi connectivity index (χ1n) is 29.7. The van der Waals surface area contributed by atoms with Gasteiger partial charge in [-0.25, -0.2) is 0 Å². The van der Waals surface area contributed by atoms with Crippen LogP contribution in [0.4, 0.5) is 0 Å². The average molecular weight is 988 g/mol. The molecule has 0 aromatic rings. The summed E-state index contributed by atoms with van der Waals surface area (Å²) in [6.45, 7) is 6.53. The van der Waals surface area contributed by atoms with Gasteiger partial charge in [0.1, 0.15) is 13.2 Å². The van der Waals surface area contributed by atoms with Gasteiger partial charge in [-0.05, 0) is 122 Å². The van der Waals surface area contributed by atoms with Crippen LogP contribution in [0.15, 0.2) is 97.2 Å². The molecule has 0 fully saturated rings. The summed E-state index contributed by atoms with van der Waals surface area (Å²) in [5.41, 5.74) is 0. The van der Waals surface area contributed by atoms with Crippen molar-refractivity contribution >= 4 is 17.9 Å². The Bertz CT molecular complexity index is 1410. The van der Waals surface area contributed by atoms with Gasteiger partial charge in [0.15, 0.2) is 6.10 Å². The first-order chi connectivity index (χ1) is 35.0. The third kappa shape index (κ3) is 57.1. The molecular formula is C65H110O6. The Balaban J connectivity index is 4.50. The van der Waals surface area contributed by atoms with Crippen molar-refractivity contribution in [1.29, 1.82) is 0 Å². The maximum absolute atomic E-state index is 12.8. The maximum atomic E-state index is 12.8. The van der Waals surface area contributed by atoms with Gasteiger partial charge in [-0.15, -0.1) is 0 Å². The maximum Gasteiger partial charge on any atom is 0.306 e. The molecule has 0 saturated carbocycles.